The van der Waals surface area contributed by atoms with Crippen molar-refractivity contribution in [2.75, 3.05) is 13.7 Å². The van der Waals surface area contributed by atoms with Gasteiger partial charge in [-0.15, -0.1) is 0 Å². The number of carbonyl (C=O) groups excluding carboxylic acids is 2. The molecule has 0 aromatic heterocycles. The highest BCUT2D eigenvalue weighted by atomic mass is 79.9. The summed E-state index contributed by atoms with van der Waals surface area (Å²) in [6.45, 7) is 0.675. The maximum Gasteiger partial charge on any atom is 0.253 e. The molecular formula is C14H17BrN2O3. The second-order valence-electron chi connectivity index (χ2n) is 4.66. The van der Waals surface area contributed by atoms with Crippen LogP contribution in [-0.2, 0) is 4.79 Å². The van der Waals surface area contributed by atoms with Crippen LogP contribution in [0.1, 0.15) is 29.6 Å². The summed E-state index contributed by atoms with van der Waals surface area (Å²) >= 11 is 3.34. The van der Waals surface area contributed by atoms with E-state index in [4.69, 9.17) is 4.74 Å². The predicted octanol–water partition coefficient (Wildman–Crippen LogP) is 1.86. The lowest BCUT2D eigenvalue weighted by Crippen LogP contribution is -2.45. The van der Waals surface area contributed by atoms with Gasteiger partial charge in [-0.3, -0.25) is 9.59 Å². The Balaban J connectivity index is 2.12. The number of methoxy groups -OCH3 is 1. The van der Waals surface area contributed by atoms with Crippen LogP contribution < -0.4 is 15.4 Å². The molecule has 2 rings (SSSR count). The van der Waals surface area contributed by atoms with Crippen molar-refractivity contribution in [3.8, 4) is 5.75 Å². The largest absolute Gasteiger partial charge is 0.497 e. The maximum atomic E-state index is 12.3. The average Bonchev–Trinajstić information content (AvgIpc) is 2.64. The summed E-state index contributed by atoms with van der Waals surface area (Å²) in [6.07, 6.45) is 2.53. The van der Waals surface area contributed by atoms with E-state index in [9.17, 15) is 9.59 Å². The van der Waals surface area contributed by atoms with E-state index in [-0.39, 0.29) is 11.8 Å². The Kier molecular flexibility index (Phi) is 5.00. The van der Waals surface area contributed by atoms with Crippen LogP contribution in [0.4, 0.5) is 0 Å². The minimum atomic E-state index is -0.469. The summed E-state index contributed by atoms with van der Waals surface area (Å²) in [5.74, 6) is 0.205. The third kappa shape index (κ3) is 3.50. The molecule has 20 heavy (non-hydrogen) atoms. The molecule has 1 aromatic rings. The van der Waals surface area contributed by atoms with Gasteiger partial charge < -0.3 is 15.4 Å². The molecule has 108 valence electrons. The molecule has 1 saturated heterocycles. The number of hydrogen-bond acceptors (Lipinski definition) is 3. The summed E-state index contributed by atoms with van der Waals surface area (Å²) in [5.41, 5.74) is 0.460. The van der Waals surface area contributed by atoms with E-state index in [2.05, 4.69) is 26.6 Å². The minimum Gasteiger partial charge on any atom is -0.497 e. The summed E-state index contributed by atoms with van der Waals surface area (Å²) in [5, 5.41) is 5.58. The van der Waals surface area contributed by atoms with E-state index in [0.717, 1.165) is 12.8 Å². The van der Waals surface area contributed by atoms with E-state index in [1.54, 1.807) is 25.3 Å². The molecule has 5 nitrogen and oxygen atoms in total. The number of benzene rings is 1. The monoisotopic (exact) mass is 340 g/mol. The fourth-order valence-corrected chi connectivity index (χ4v) is 2.55. The van der Waals surface area contributed by atoms with Crippen molar-refractivity contribution >= 4 is 27.7 Å². The van der Waals surface area contributed by atoms with Gasteiger partial charge in [0.25, 0.3) is 5.91 Å². The zero-order valence-electron chi connectivity index (χ0n) is 11.2. The lowest BCUT2D eigenvalue weighted by Gasteiger charge is -2.16. The molecule has 0 saturated carbocycles. The van der Waals surface area contributed by atoms with Gasteiger partial charge in [0.2, 0.25) is 5.91 Å². The van der Waals surface area contributed by atoms with Crippen molar-refractivity contribution in [1.29, 1.82) is 0 Å². The highest BCUT2D eigenvalue weighted by molar-refractivity contribution is 9.10. The van der Waals surface area contributed by atoms with Gasteiger partial charge in [-0.05, 0) is 53.4 Å². The van der Waals surface area contributed by atoms with E-state index in [1.165, 1.54) is 0 Å². The fourth-order valence-electron chi connectivity index (χ4n) is 2.12. The van der Waals surface area contributed by atoms with Gasteiger partial charge in [0.1, 0.15) is 11.8 Å². The van der Waals surface area contributed by atoms with E-state index in [0.29, 0.717) is 28.8 Å². The number of nitrogens with one attached hydrogen (secondary N) is 2. The van der Waals surface area contributed by atoms with Crippen LogP contribution in [0.25, 0.3) is 0 Å². The lowest BCUT2D eigenvalue weighted by atomic mass is 10.1. The number of halogens is 1. The maximum absolute atomic E-state index is 12.3. The second kappa shape index (κ2) is 6.74. The Morgan fingerprint density at radius 2 is 2.25 bits per heavy atom. The van der Waals surface area contributed by atoms with Gasteiger partial charge in [-0.25, -0.2) is 0 Å². The van der Waals surface area contributed by atoms with Gasteiger partial charge in [-0.1, -0.05) is 0 Å². The van der Waals surface area contributed by atoms with Crippen LogP contribution in [0.3, 0.4) is 0 Å². The topological polar surface area (TPSA) is 67.4 Å². The zero-order valence-corrected chi connectivity index (χ0v) is 12.8. The van der Waals surface area contributed by atoms with E-state index >= 15 is 0 Å². The average molecular weight is 341 g/mol. The third-order valence-electron chi connectivity index (χ3n) is 3.26. The minimum absolute atomic E-state index is 0.116. The SMILES string of the molecule is COc1ccc(Br)c(C(=O)N[C@H]2CCCCNC2=O)c1. The number of rotatable bonds is 3. The summed E-state index contributed by atoms with van der Waals surface area (Å²) in [4.78, 5) is 24.1. The Hall–Kier alpha value is -1.56. The number of hydrogen-bond donors (Lipinski definition) is 2. The van der Waals surface area contributed by atoms with Crippen LogP contribution >= 0.6 is 15.9 Å². The molecule has 2 amide bonds. The Morgan fingerprint density at radius 3 is 3.00 bits per heavy atom. The molecule has 1 heterocycles. The van der Waals surface area contributed by atoms with E-state index < -0.39 is 6.04 Å². The molecule has 0 radical (unpaired) electrons. The summed E-state index contributed by atoms with van der Waals surface area (Å²) in [6, 6.07) is 4.69. The van der Waals surface area contributed by atoms with Gasteiger partial charge >= 0.3 is 0 Å². The smallest absolute Gasteiger partial charge is 0.253 e. The van der Waals surface area contributed by atoms with Crippen LogP contribution in [0.5, 0.6) is 5.75 Å². The standard InChI is InChI=1S/C14H17BrN2O3/c1-20-9-5-6-11(15)10(8-9)13(18)17-12-4-2-3-7-16-14(12)19/h5-6,8,12H,2-4,7H2,1H3,(H,16,19)(H,17,18)/t12-/m0/s1. The molecule has 1 aromatic carbocycles. The highest BCUT2D eigenvalue weighted by Crippen LogP contribution is 2.22. The molecule has 6 heteroatoms. The molecular weight excluding hydrogens is 324 g/mol. The van der Waals surface area contributed by atoms with Gasteiger partial charge in [0.15, 0.2) is 0 Å². The summed E-state index contributed by atoms with van der Waals surface area (Å²) < 4.78 is 5.78. The molecule has 0 aliphatic carbocycles. The van der Waals surface area contributed by atoms with E-state index in [1.807, 2.05) is 0 Å². The van der Waals surface area contributed by atoms with Crippen LogP contribution in [0.2, 0.25) is 0 Å². The Bertz CT molecular complexity index is 519. The zero-order chi connectivity index (χ0) is 14.5. The normalized spacial score (nSPS) is 18.9. The van der Waals surface area contributed by atoms with Gasteiger partial charge in [0, 0.05) is 11.0 Å². The molecule has 1 aliphatic rings. The van der Waals surface area contributed by atoms with Crippen LogP contribution in [0.15, 0.2) is 22.7 Å². The molecule has 0 unspecified atom stereocenters. The van der Waals surface area contributed by atoms with Crippen LogP contribution in [-0.4, -0.2) is 31.5 Å². The molecule has 0 spiro atoms. The first-order chi connectivity index (χ1) is 9.61. The van der Waals surface area contributed by atoms with Crippen molar-refractivity contribution in [3.63, 3.8) is 0 Å². The fraction of sp³-hybridized carbons (Fsp3) is 0.429. The van der Waals surface area contributed by atoms with Crippen molar-refractivity contribution in [3.05, 3.63) is 28.2 Å². The van der Waals surface area contributed by atoms with Crippen molar-refractivity contribution in [1.82, 2.24) is 10.6 Å². The van der Waals surface area contributed by atoms with Gasteiger partial charge in [-0.2, -0.15) is 0 Å². The van der Waals surface area contributed by atoms with Crippen molar-refractivity contribution in [2.24, 2.45) is 0 Å². The highest BCUT2D eigenvalue weighted by Gasteiger charge is 2.23. The molecule has 2 N–H and O–H groups in total. The van der Waals surface area contributed by atoms with Crippen LogP contribution in [0, 0.1) is 0 Å². The first kappa shape index (κ1) is 14.8. The number of carbonyl (C=O) groups is 2. The first-order valence-corrected chi connectivity index (χ1v) is 7.33. The first-order valence-electron chi connectivity index (χ1n) is 6.54. The molecule has 1 aliphatic heterocycles. The Morgan fingerprint density at radius 1 is 1.45 bits per heavy atom. The lowest BCUT2D eigenvalue weighted by molar-refractivity contribution is -0.122. The van der Waals surface area contributed by atoms with Crippen molar-refractivity contribution < 1.29 is 14.3 Å². The second-order valence-corrected chi connectivity index (χ2v) is 5.51. The Labute approximate surface area is 126 Å². The van der Waals surface area contributed by atoms with Crippen molar-refractivity contribution in [2.45, 2.75) is 25.3 Å². The predicted molar refractivity (Wildman–Crippen MR) is 78.8 cm³/mol. The number of ether oxygens (including phenoxy) is 1. The molecule has 1 atom stereocenters. The molecule has 0 bridgehead atoms. The molecule has 1 fully saturated rings. The van der Waals surface area contributed by atoms with Gasteiger partial charge in [0.05, 0.1) is 12.7 Å². The quantitative estimate of drug-likeness (QED) is 0.882. The summed E-state index contributed by atoms with van der Waals surface area (Å²) in [7, 11) is 1.55. The third-order valence-corrected chi connectivity index (χ3v) is 3.95. The number of amides is 2.